The Balaban J connectivity index is 2.21. The highest BCUT2D eigenvalue weighted by molar-refractivity contribution is 6.31. The number of rotatable bonds is 2. The number of imidazole rings is 1. The molecule has 3 rings (SSSR count). The van der Waals surface area contributed by atoms with Crippen molar-refractivity contribution in [3.8, 4) is 0 Å². The van der Waals surface area contributed by atoms with E-state index >= 15 is 0 Å². The molecule has 0 amide bonds. The van der Waals surface area contributed by atoms with Crippen molar-refractivity contribution in [1.29, 1.82) is 0 Å². The second kappa shape index (κ2) is 5.40. The SMILES string of the molecule is CC(C)(C)c1nc2ccccc2n1Cc1c(F)cccc1Cl. The van der Waals surface area contributed by atoms with Crippen molar-refractivity contribution in [3.63, 3.8) is 0 Å². The maximum atomic E-state index is 14.2. The summed E-state index contributed by atoms with van der Waals surface area (Å²) in [6.45, 7) is 6.69. The number of benzene rings is 2. The number of fused-ring (bicyclic) bond motifs is 1. The normalized spacial score (nSPS) is 12.0. The van der Waals surface area contributed by atoms with Crippen LogP contribution in [0.2, 0.25) is 5.02 Å². The zero-order valence-electron chi connectivity index (χ0n) is 12.9. The van der Waals surface area contributed by atoms with Crippen LogP contribution in [0.25, 0.3) is 11.0 Å². The van der Waals surface area contributed by atoms with Crippen LogP contribution in [0.3, 0.4) is 0 Å². The fourth-order valence-electron chi connectivity index (χ4n) is 2.65. The first-order chi connectivity index (χ1) is 10.4. The minimum atomic E-state index is -0.287. The van der Waals surface area contributed by atoms with Gasteiger partial charge in [-0.2, -0.15) is 0 Å². The lowest BCUT2D eigenvalue weighted by atomic mass is 9.95. The van der Waals surface area contributed by atoms with Gasteiger partial charge >= 0.3 is 0 Å². The standard InChI is InChI=1S/C18H18ClFN2/c1-18(2,3)17-21-15-9-4-5-10-16(15)22(17)11-12-13(19)7-6-8-14(12)20/h4-10H,11H2,1-3H3. The van der Waals surface area contributed by atoms with Crippen LogP contribution in [0.15, 0.2) is 42.5 Å². The third-order valence-corrected chi connectivity index (χ3v) is 4.06. The summed E-state index contributed by atoms with van der Waals surface area (Å²) in [7, 11) is 0. The van der Waals surface area contributed by atoms with Gasteiger partial charge in [-0.15, -0.1) is 0 Å². The molecule has 0 saturated heterocycles. The van der Waals surface area contributed by atoms with Gasteiger partial charge in [-0.25, -0.2) is 9.37 Å². The maximum Gasteiger partial charge on any atom is 0.129 e. The molecule has 2 nitrogen and oxygen atoms in total. The minimum Gasteiger partial charge on any atom is -0.323 e. The number of hydrogen-bond donors (Lipinski definition) is 0. The second-order valence-electron chi connectivity index (χ2n) is 6.46. The first-order valence-electron chi connectivity index (χ1n) is 7.26. The van der Waals surface area contributed by atoms with E-state index in [4.69, 9.17) is 16.6 Å². The predicted octanol–water partition coefficient (Wildman–Crippen LogP) is 5.17. The Morgan fingerprint density at radius 3 is 2.50 bits per heavy atom. The Morgan fingerprint density at radius 2 is 1.82 bits per heavy atom. The highest BCUT2D eigenvalue weighted by atomic mass is 35.5. The fourth-order valence-corrected chi connectivity index (χ4v) is 2.87. The molecule has 0 aliphatic rings. The Kier molecular flexibility index (Phi) is 3.69. The van der Waals surface area contributed by atoms with Gasteiger partial charge < -0.3 is 4.57 Å². The number of para-hydroxylation sites is 2. The van der Waals surface area contributed by atoms with Crippen molar-refractivity contribution < 1.29 is 4.39 Å². The number of hydrogen-bond acceptors (Lipinski definition) is 1. The molecule has 3 aromatic rings. The fraction of sp³-hybridized carbons (Fsp3) is 0.278. The summed E-state index contributed by atoms with van der Waals surface area (Å²) in [4.78, 5) is 4.74. The van der Waals surface area contributed by atoms with E-state index in [9.17, 15) is 4.39 Å². The van der Waals surface area contributed by atoms with E-state index in [2.05, 4.69) is 25.3 Å². The average molecular weight is 317 g/mol. The molecule has 0 radical (unpaired) electrons. The molecule has 0 aliphatic heterocycles. The summed E-state index contributed by atoms with van der Waals surface area (Å²) in [6.07, 6.45) is 0. The maximum absolute atomic E-state index is 14.2. The Morgan fingerprint density at radius 1 is 1.09 bits per heavy atom. The molecular weight excluding hydrogens is 299 g/mol. The van der Waals surface area contributed by atoms with Gasteiger partial charge in [0.15, 0.2) is 0 Å². The van der Waals surface area contributed by atoms with Crippen LogP contribution in [0.4, 0.5) is 4.39 Å². The molecule has 0 fully saturated rings. The molecule has 0 saturated carbocycles. The smallest absolute Gasteiger partial charge is 0.129 e. The van der Waals surface area contributed by atoms with Gasteiger partial charge in [-0.05, 0) is 24.3 Å². The lowest BCUT2D eigenvalue weighted by molar-refractivity contribution is 0.510. The highest BCUT2D eigenvalue weighted by Crippen LogP contribution is 2.29. The van der Waals surface area contributed by atoms with Crippen LogP contribution < -0.4 is 0 Å². The molecule has 0 spiro atoms. The minimum absolute atomic E-state index is 0.142. The van der Waals surface area contributed by atoms with Crippen LogP contribution in [0, 0.1) is 5.82 Å². The zero-order chi connectivity index (χ0) is 15.9. The average Bonchev–Trinajstić information content (AvgIpc) is 2.82. The van der Waals surface area contributed by atoms with E-state index in [0.29, 0.717) is 17.1 Å². The molecule has 1 heterocycles. The first-order valence-corrected chi connectivity index (χ1v) is 7.64. The van der Waals surface area contributed by atoms with Crippen LogP contribution in [-0.4, -0.2) is 9.55 Å². The summed E-state index contributed by atoms with van der Waals surface area (Å²) >= 11 is 6.19. The van der Waals surface area contributed by atoms with Crippen molar-refractivity contribution >= 4 is 22.6 Å². The van der Waals surface area contributed by atoms with E-state index in [1.807, 2.05) is 24.3 Å². The van der Waals surface area contributed by atoms with Crippen molar-refractivity contribution in [2.24, 2.45) is 0 Å². The molecule has 0 atom stereocenters. The van der Waals surface area contributed by atoms with E-state index < -0.39 is 0 Å². The molecule has 1 aromatic heterocycles. The predicted molar refractivity (Wildman–Crippen MR) is 88.9 cm³/mol. The monoisotopic (exact) mass is 316 g/mol. The molecule has 0 N–H and O–H groups in total. The molecule has 2 aromatic carbocycles. The molecule has 114 valence electrons. The number of nitrogens with zero attached hydrogens (tertiary/aromatic N) is 2. The third kappa shape index (κ3) is 2.61. The summed E-state index contributed by atoms with van der Waals surface area (Å²) in [5.41, 5.74) is 2.26. The quantitative estimate of drug-likeness (QED) is 0.637. The Hall–Kier alpha value is -1.87. The van der Waals surface area contributed by atoms with E-state index in [1.165, 1.54) is 6.07 Å². The lowest BCUT2D eigenvalue weighted by Gasteiger charge is -2.20. The largest absolute Gasteiger partial charge is 0.323 e. The van der Waals surface area contributed by atoms with Gasteiger partial charge in [0.2, 0.25) is 0 Å². The van der Waals surface area contributed by atoms with Gasteiger partial charge in [0.05, 0.1) is 17.6 Å². The van der Waals surface area contributed by atoms with Gasteiger partial charge in [-0.3, -0.25) is 0 Å². The summed E-state index contributed by atoms with van der Waals surface area (Å²) in [5, 5.41) is 0.442. The van der Waals surface area contributed by atoms with Crippen LogP contribution in [0.5, 0.6) is 0 Å². The van der Waals surface area contributed by atoms with E-state index in [1.54, 1.807) is 12.1 Å². The summed E-state index contributed by atoms with van der Waals surface area (Å²) in [6, 6.07) is 12.7. The highest BCUT2D eigenvalue weighted by Gasteiger charge is 2.23. The molecule has 0 aliphatic carbocycles. The lowest BCUT2D eigenvalue weighted by Crippen LogP contribution is -2.20. The van der Waals surface area contributed by atoms with Crippen molar-refractivity contribution in [1.82, 2.24) is 9.55 Å². The molecule has 0 bridgehead atoms. The zero-order valence-corrected chi connectivity index (χ0v) is 13.7. The van der Waals surface area contributed by atoms with Crippen LogP contribution in [-0.2, 0) is 12.0 Å². The third-order valence-electron chi connectivity index (χ3n) is 3.70. The van der Waals surface area contributed by atoms with Crippen LogP contribution >= 0.6 is 11.6 Å². The van der Waals surface area contributed by atoms with Crippen molar-refractivity contribution in [2.75, 3.05) is 0 Å². The van der Waals surface area contributed by atoms with Gasteiger partial charge in [-0.1, -0.05) is 50.6 Å². The summed E-state index contributed by atoms with van der Waals surface area (Å²) in [5.74, 6) is 0.637. The first kappa shape index (κ1) is 15.0. The van der Waals surface area contributed by atoms with E-state index in [-0.39, 0.29) is 11.2 Å². The van der Waals surface area contributed by atoms with Gasteiger partial charge in [0, 0.05) is 16.0 Å². The van der Waals surface area contributed by atoms with Crippen molar-refractivity contribution in [2.45, 2.75) is 32.7 Å². The topological polar surface area (TPSA) is 17.8 Å². The molecule has 22 heavy (non-hydrogen) atoms. The van der Waals surface area contributed by atoms with Crippen molar-refractivity contribution in [3.05, 3.63) is 64.7 Å². The Labute approximate surface area is 134 Å². The summed E-state index contributed by atoms with van der Waals surface area (Å²) < 4.78 is 16.2. The van der Waals surface area contributed by atoms with Gasteiger partial charge in [0.1, 0.15) is 11.6 Å². The number of aromatic nitrogens is 2. The van der Waals surface area contributed by atoms with E-state index in [0.717, 1.165) is 16.9 Å². The Bertz CT molecular complexity index is 810. The molecule has 0 unspecified atom stereocenters. The van der Waals surface area contributed by atoms with Gasteiger partial charge in [0.25, 0.3) is 0 Å². The molecular formula is C18H18ClFN2. The van der Waals surface area contributed by atoms with Crippen LogP contribution in [0.1, 0.15) is 32.2 Å². The molecule has 4 heteroatoms. The number of halogens is 2. The second-order valence-corrected chi connectivity index (χ2v) is 6.87.